The summed E-state index contributed by atoms with van der Waals surface area (Å²) in [4.78, 5) is 21.3. The minimum Gasteiger partial charge on any atom is -0.301 e. The molecule has 1 aromatic carbocycles. The van der Waals surface area contributed by atoms with Crippen LogP contribution in [0.4, 0.5) is 0 Å². The van der Waals surface area contributed by atoms with Crippen LogP contribution in [0.1, 0.15) is 5.56 Å². The fraction of sp³-hybridized carbons (Fsp3) is 0.143. The Kier molecular flexibility index (Phi) is 3.16. The van der Waals surface area contributed by atoms with Gasteiger partial charge in [-0.2, -0.15) is 0 Å². The van der Waals surface area contributed by atoms with Gasteiger partial charge in [0.1, 0.15) is 4.83 Å². The van der Waals surface area contributed by atoms with Gasteiger partial charge in [-0.15, -0.1) is 11.3 Å². The van der Waals surface area contributed by atoms with E-state index in [-0.39, 0.29) is 5.56 Å². The van der Waals surface area contributed by atoms with Gasteiger partial charge < -0.3 is 4.98 Å². The third-order valence-corrected chi connectivity index (χ3v) is 4.82. The molecule has 0 saturated heterocycles. The maximum absolute atomic E-state index is 12.1. The first kappa shape index (κ1) is 12.4. The molecule has 1 N–H and O–H groups in total. The van der Waals surface area contributed by atoms with Crippen LogP contribution in [0.3, 0.4) is 0 Å². The smallest absolute Gasteiger partial charge is 0.260 e. The molecule has 19 heavy (non-hydrogen) atoms. The Morgan fingerprint density at radius 2 is 2.00 bits per heavy atom. The molecule has 0 atom stereocenters. The molecule has 3 rings (SSSR count). The Morgan fingerprint density at radius 3 is 2.68 bits per heavy atom. The minimum absolute atomic E-state index is 0.0507. The lowest BCUT2D eigenvalue weighted by atomic mass is 10.1. The first-order valence-corrected chi connectivity index (χ1v) is 7.87. The van der Waals surface area contributed by atoms with E-state index in [0.29, 0.717) is 10.5 Å². The van der Waals surface area contributed by atoms with Crippen molar-refractivity contribution >= 4 is 33.3 Å². The van der Waals surface area contributed by atoms with Crippen molar-refractivity contribution in [1.82, 2.24) is 9.97 Å². The molecule has 2 heterocycles. The molecular formula is C14H12N2OS2. The number of hydrogen-bond acceptors (Lipinski definition) is 4. The van der Waals surface area contributed by atoms with E-state index in [9.17, 15) is 4.79 Å². The van der Waals surface area contributed by atoms with Gasteiger partial charge >= 0.3 is 0 Å². The predicted octanol–water partition coefficient (Wildman–Crippen LogP) is 3.68. The van der Waals surface area contributed by atoms with Gasteiger partial charge in [-0.05, 0) is 24.3 Å². The van der Waals surface area contributed by atoms with Crippen LogP contribution in [0.2, 0.25) is 0 Å². The van der Waals surface area contributed by atoms with Crippen molar-refractivity contribution in [2.24, 2.45) is 0 Å². The molecule has 0 aliphatic carbocycles. The van der Waals surface area contributed by atoms with Crippen LogP contribution in [0.25, 0.3) is 20.7 Å². The second-order valence-corrected chi connectivity index (χ2v) is 5.97. The minimum atomic E-state index is -0.0507. The number of benzene rings is 1. The largest absolute Gasteiger partial charge is 0.301 e. The van der Waals surface area contributed by atoms with E-state index in [1.54, 1.807) is 11.3 Å². The zero-order chi connectivity index (χ0) is 13.4. The summed E-state index contributed by atoms with van der Waals surface area (Å²) in [6, 6.07) is 10.1. The number of aryl methyl sites for hydroxylation is 1. The summed E-state index contributed by atoms with van der Waals surface area (Å²) in [5, 5.41) is 1.38. The molecule has 3 aromatic rings. The summed E-state index contributed by atoms with van der Waals surface area (Å²) in [5.41, 5.74) is 2.09. The van der Waals surface area contributed by atoms with Crippen molar-refractivity contribution in [2.45, 2.75) is 12.1 Å². The molecular weight excluding hydrogens is 276 g/mol. The van der Waals surface area contributed by atoms with Crippen LogP contribution >= 0.6 is 23.1 Å². The summed E-state index contributed by atoms with van der Waals surface area (Å²) >= 11 is 3.02. The van der Waals surface area contributed by atoms with Crippen molar-refractivity contribution in [3.8, 4) is 10.4 Å². The average molecular weight is 288 g/mol. The van der Waals surface area contributed by atoms with Crippen molar-refractivity contribution in [3.63, 3.8) is 0 Å². The standard InChI is InChI=1S/C14H12N2OS2/c1-8-10-12(17)15-14(18-2)16-13(10)19-11(8)9-6-4-3-5-7-9/h3-7H,1-2H3,(H,15,16,17). The summed E-state index contributed by atoms with van der Waals surface area (Å²) in [5.74, 6) is 0. The number of rotatable bonds is 2. The van der Waals surface area contributed by atoms with Gasteiger partial charge in [-0.3, -0.25) is 4.79 Å². The lowest BCUT2D eigenvalue weighted by Gasteiger charge is -1.98. The molecule has 0 fully saturated rings. The van der Waals surface area contributed by atoms with Crippen molar-refractivity contribution in [1.29, 1.82) is 0 Å². The van der Waals surface area contributed by atoms with Crippen molar-refractivity contribution < 1.29 is 0 Å². The van der Waals surface area contributed by atoms with Crippen LogP contribution in [0.15, 0.2) is 40.3 Å². The highest BCUT2D eigenvalue weighted by Crippen LogP contribution is 2.35. The molecule has 0 aliphatic rings. The molecule has 0 saturated carbocycles. The lowest BCUT2D eigenvalue weighted by Crippen LogP contribution is -2.08. The van der Waals surface area contributed by atoms with Gasteiger partial charge in [-0.25, -0.2) is 4.98 Å². The average Bonchev–Trinajstić information content (AvgIpc) is 2.77. The van der Waals surface area contributed by atoms with Crippen LogP contribution in [0.5, 0.6) is 0 Å². The van der Waals surface area contributed by atoms with Gasteiger partial charge in [0.05, 0.1) is 5.39 Å². The number of H-pyrrole nitrogens is 1. The zero-order valence-electron chi connectivity index (χ0n) is 10.6. The van der Waals surface area contributed by atoms with E-state index in [2.05, 4.69) is 22.1 Å². The Labute approximate surface area is 118 Å². The summed E-state index contributed by atoms with van der Waals surface area (Å²) < 4.78 is 0. The fourth-order valence-electron chi connectivity index (χ4n) is 2.09. The molecule has 0 aliphatic heterocycles. The normalized spacial score (nSPS) is 11.1. The van der Waals surface area contributed by atoms with E-state index < -0.39 is 0 Å². The maximum atomic E-state index is 12.1. The van der Waals surface area contributed by atoms with Crippen LogP contribution < -0.4 is 5.56 Å². The summed E-state index contributed by atoms with van der Waals surface area (Å²) in [7, 11) is 0. The number of nitrogens with zero attached hydrogens (tertiary/aromatic N) is 1. The number of aromatic nitrogens is 2. The molecule has 0 spiro atoms. The highest BCUT2D eigenvalue weighted by Gasteiger charge is 2.14. The summed E-state index contributed by atoms with van der Waals surface area (Å²) in [6.45, 7) is 1.98. The molecule has 0 bridgehead atoms. The van der Waals surface area contributed by atoms with E-state index in [1.165, 1.54) is 11.8 Å². The fourth-order valence-corrected chi connectivity index (χ4v) is 3.71. The second kappa shape index (κ2) is 4.83. The molecule has 5 heteroatoms. The quantitative estimate of drug-likeness (QED) is 0.578. The Morgan fingerprint density at radius 1 is 1.26 bits per heavy atom. The van der Waals surface area contributed by atoms with Crippen LogP contribution in [-0.4, -0.2) is 16.2 Å². The lowest BCUT2D eigenvalue weighted by molar-refractivity contribution is 0.982. The third-order valence-electron chi connectivity index (χ3n) is 3.01. The topological polar surface area (TPSA) is 45.8 Å². The van der Waals surface area contributed by atoms with E-state index in [4.69, 9.17) is 0 Å². The molecule has 2 aromatic heterocycles. The second-order valence-electron chi connectivity index (χ2n) is 4.18. The van der Waals surface area contributed by atoms with E-state index in [1.807, 2.05) is 31.4 Å². The monoisotopic (exact) mass is 288 g/mol. The van der Waals surface area contributed by atoms with Gasteiger partial charge in [0.15, 0.2) is 5.16 Å². The SMILES string of the molecule is CSc1nc2sc(-c3ccccc3)c(C)c2c(=O)[nH]1. The number of thioether (sulfide) groups is 1. The van der Waals surface area contributed by atoms with Gasteiger partial charge in [0.2, 0.25) is 0 Å². The zero-order valence-corrected chi connectivity index (χ0v) is 12.2. The number of thiophene rings is 1. The van der Waals surface area contributed by atoms with Crippen molar-refractivity contribution in [2.75, 3.05) is 6.26 Å². The van der Waals surface area contributed by atoms with Gasteiger partial charge in [0, 0.05) is 4.88 Å². The number of aromatic amines is 1. The predicted molar refractivity (Wildman–Crippen MR) is 82.2 cm³/mol. The Balaban J connectivity index is 2.32. The highest BCUT2D eigenvalue weighted by atomic mass is 32.2. The molecule has 96 valence electrons. The highest BCUT2D eigenvalue weighted by molar-refractivity contribution is 7.98. The van der Waals surface area contributed by atoms with Gasteiger partial charge in [0.25, 0.3) is 5.56 Å². The van der Waals surface area contributed by atoms with Crippen LogP contribution in [0, 0.1) is 6.92 Å². The van der Waals surface area contributed by atoms with E-state index >= 15 is 0 Å². The first-order valence-electron chi connectivity index (χ1n) is 5.83. The van der Waals surface area contributed by atoms with Crippen molar-refractivity contribution in [3.05, 3.63) is 46.2 Å². The molecule has 0 unspecified atom stereocenters. The number of nitrogens with one attached hydrogen (secondary N) is 1. The molecule has 3 nitrogen and oxygen atoms in total. The first-order chi connectivity index (χ1) is 9.20. The van der Waals surface area contributed by atoms with Gasteiger partial charge in [-0.1, -0.05) is 42.1 Å². The number of hydrogen-bond donors (Lipinski definition) is 1. The Hall–Kier alpha value is -1.59. The maximum Gasteiger partial charge on any atom is 0.260 e. The van der Waals surface area contributed by atoms with Crippen LogP contribution in [-0.2, 0) is 0 Å². The third kappa shape index (κ3) is 2.09. The van der Waals surface area contributed by atoms with E-state index in [0.717, 1.165) is 20.8 Å². The Bertz CT molecular complexity index is 790. The molecule has 0 amide bonds. The summed E-state index contributed by atoms with van der Waals surface area (Å²) in [6.07, 6.45) is 1.91. The molecule has 0 radical (unpaired) electrons. The number of fused-ring (bicyclic) bond motifs is 1.